The van der Waals surface area contributed by atoms with Crippen LogP contribution in [0.2, 0.25) is 0 Å². The Bertz CT molecular complexity index is 3920. The number of anilines is 3. The number of aromatic nitrogens is 1. The third-order valence-electron chi connectivity index (χ3n) is 13.2. The van der Waals surface area contributed by atoms with Crippen LogP contribution in [0.15, 0.2) is 247 Å². The molecule has 0 amide bonds. The van der Waals surface area contributed by atoms with Crippen molar-refractivity contribution in [1.29, 1.82) is 0 Å². The molecule has 0 fully saturated rings. The fourth-order valence-corrected chi connectivity index (χ4v) is 10.2. The zero-order chi connectivity index (χ0) is 42.8. The first-order valence-corrected chi connectivity index (χ1v) is 22.3. The average Bonchev–Trinajstić information content (AvgIpc) is 3.94. The Morgan fingerprint density at radius 3 is 1.71 bits per heavy atom. The minimum absolute atomic E-state index is 0.889. The number of fused-ring (bicyclic) bond motifs is 9. The number of hydrogen-bond acceptors (Lipinski definition) is 2. The van der Waals surface area contributed by atoms with Gasteiger partial charge in [-0.25, -0.2) is 0 Å². The van der Waals surface area contributed by atoms with Gasteiger partial charge in [0, 0.05) is 55.1 Å². The van der Waals surface area contributed by atoms with Gasteiger partial charge in [-0.15, -0.1) is 0 Å². The smallest absolute Gasteiger partial charge is 0.143 e. The molecule has 3 nitrogen and oxygen atoms in total. The lowest BCUT2D eigenvalue weighted by molar-refractivity contribution is 0.670. The van der Waals surface area contributed by atoms with Crippen LogP contribution in [-0.4, -0.2) is 4.57 Å². The minimum Gasteiger partial charge on any atom is -0.455 e. The summed E-state index contributed by atoms with van der Waals surface area (Å²) in [5, 5.41) is 9.63. The van der Waals surface area contributed by atoms with Crippen LogP contribution in [0, 0.1) is 0 Å². The van der Waals surface area contributed by atoms with E-state index in [4.69, 9.17) is 4.42 Å². The molecule has 0 aliphatic heterocycles. The van der Waals surface area contributed by atoms with Crippen molar-refractivity contribution in [2.45, 2.75) is 0 Å². The van der Waals surface area contributed by atoms with E-state index in [1.54, 1.807) is 0 Å². The van der Waals surface area contributed by atoms with Crippen molar-refractivity contribution in [3.8, 4) is 39.1 Å². The summed E-state index contributed by atoms with van der Waals surface area (Å²) in [5.41, 5.74) is 15.5. The van der Waals surface area contributed by atoms with Crippen LogP contribution < -0.4 is 4.90 Å². The highest BCUT2D eigenvalue weighted by atomic mass is 16.3. The van der Waals surface area contributed by atoms with E-state index >= 15 is 0 Å². The molecule has 0 saturated carbocycles. The molecule has 304 valence electrons. The summed E-state index contributed by atoms with van der Waals surface area (Å²) in [6.07, 6.45) is 0. The molecule has 0 aliphatic rings. The van der Waals surface area contributed by atoms with Gasteiger partial charge in [0.05, 0.1) is 16.7 Å². The number of hydrogen-bond donors (Lipinski definition) is 0. The van der Waals surface area contributed by atoms with Gasteiger partial charge in [0.25, 0.3) is 0 Å². The quantitative estimate of drug-likeness (QED) is 0.149. The summed E-state index contributed by atoms with van der Waals surface area (Å²) < 4.78 is 9.06. The third-order valence-corrected chi connectivity index (χ3v) is 13.2. The molecule has 0 N–H and O–H groups in total. The van der Waals surface area contributed by atoms with E-state index in [9.17, 15) is 0 Å². The maximum absolute atomic E-state index is 6.65. The lowest BCUT2D eigenvalue weighted by Gasteiger charge is -2.27. The van der Waals surface area contributed by atoms with Gasteiger partial charge in [-0.1, -0.05) is 182 Å². The summed E-state index contributed by atoms with van der Waals surface area (Å²) >= 11 is 0. The van der Waals surface area contributed by atoms with Crippen LogP contribution in [-0.2, 0) is 0 Å². The van der Waals surface area contributed by atoms with Crippen molar-refractivity contribution in [2.75, 3.05) is 4.90 Å². The second kappa shape index (κ2) is 15.0. The molecule has 13 rings (SSSR count). The molecule has 13 aromatic rings. The third kappa shape index (κ3) is 5.97. The van der Waals surface area contributed by atoms with Gasteiger partial charge in [-0.05, 0) is 99.1 Å². The van der Waals surface area contributed by atoms with E-state index in [2.05, 4.69) is 246 Å². The van der Waals surface area contributed by atoms with Gasteiger partial charge in [0.2, 0.25) is 0 Å². The van der Waals surface area contributed by atoms with Crippen LogP contribution >= 0.6 is 0 Å². The average molecular weight is 829 g/mol. The predicted molar refractivity (Wildman–Crippen MR) is 274 cm³/mol. The maximum Gasteiger partial charge on any atom is 0.143 e. The molecule has 2 heterocycles. The van der Waals surface area contributed by atoms with E-state index in [0.29, 0.717) is 0 Å². The van der Waals surface area contributed by atoms with Crippen LogP contribution in [0.4, 0.5) is 17.1 Å². The Kier molecular flexibility index (Phi) is 8.53. The molecule has 65 heavy (non-hydrogen) atoms. The van der Waals surface area contributed by atoms with Gasteiger partial charge in [0.1, 0.15) is 11.2 Å². The monoisotopic (exact) mass is 828 g/mol. The summed E-state index contributed by atoms with van der Waals surface area (Å²) in [7, 11) is 0. The molecular formula is C62H40N2O. The maximum atomic E-state index is 6.65. The Labute approximate surface area is 376 Å². The van der Waals surface area contributed by atoms with E-state index in [0.717, 1.165) is 72.5 Å². The second-order valence-electron chi connectivity index (χ2n) is 16.8. The van der Waals surface area contributed by atoms with Crippen molar-refractivity contribution in [3.05, 3.63) is 243 Å². The Morgan fingerprint density at radius 2 is 0.923 bits per heavy atom. The number of para-hydroxylation sites is 4. The number of furan rings is 1. The fourth-order valence-electron chi connectivity index (χ4n) is 10.2. The molecule has 0 atom stereocenters. The summed E-state index contributed by atoms with van der Waals surface area (Å²) in [6.45, 7) is 0. The molecular weight excluding hydrogens is 789 g/mol. The molecule has 11 aromatic carbocycles. The zero-order valence-corrected chi connectivity index (χ0v) is 35.4. The van der Waals surface area contributed by atoms with Gasteiger partial charge in [0.15, 0.2) is 0 Å². The van der Waals surface area contributed by atoms with E-state index in [1.165, 1.54) is 48.9 Å². The molecule has 0 aliphatic carbocycles. The summed E-state index contributed by atoms with van der Waals surface area (Å²) in [6, 6.07) is 87.6. The van der Waals surface area contributed by atoms with Gasteiger partial charge >= 0.3 is 0 Å². The fraction of sp³-hybridized carbons (Fsp3) is 0. The molecule has 2 aromatic heterocycles. The van der Waals surface area contributed by atoms with Crippen LogP contribution in [0.1, 0.15) is 0 Å². The van der Waals surface area contributed by atoms with Crippen molar-refractivity contribution < 1.29 is 4.42 Å². The van der Waals surface area contributed by atoms with Crippen molar-refractivity contribution in [3.63, 3.8) is 0 Å². The van der Waals surface area contributed by atoms with Crippen molar-refractivity contribution >= 4 is 82.4 Å². The Hall–Kier alpha value is -8.66. The van der Waals surface area contributed by atoms with Crippen LogP contribution in [0.3, 0.4) is 0 Å². The van der Waals surface area contributed by atoms with Gasteiger partial charge in [-0.2, -0.15) is 0 Å². The molecule has 0 unspecified atom stereocenters. The Balaban J connectivity index is 0.973. The van der Waals surface area contributed by atoms with E-state index in [1.807, 2.05) is 6.07 Å². The van der Waals surface area contributed by atoms with Crippen molar-refractivity contribution in [2.24, 2.45) is 0 Å². The zero-order valence-electron chi connectivity index (χ0n) is 35.4. The highest BCUT2D eigenvalue weighted by Crippen LogP contribution is 2.45. The largest absolute Gasteiger partial charge is 0.455 e. The topological polar surface area (TPSA) is 21.3 Å². The Morgan fingerprint density at radius 1 is 0.338 bits per heavy atom. The molecule has 0 bridgehead atoms. The molecule has 3 heteroatoms. The highest BCUT2D eigenvalue weighted by molar-refractivity contribution is 6.17. The summed E-state index contributed by atoms with van der Waals surface area (Å²) in [4.78, 5) is 2.41. The van der Waals surface area contributed by atoms with Crippen molar-refractivity contribution in [1.82, 2.24) is 4.57 Å². The number of nitrogens with zero attached hydrogens (tertiary/aromatic N) is 2. The SMILES string of the molecule is c1ccc(-c2ccc(-c3ccc(N(c4ccc(-c5cccc6c7ccccc7n(-c7ccccc7)c56)cc4)c4cccc5c4ccc4ccccc45)cc3)c3c2oc2ccccc23)cc1. The molecule has 0 radical (unpaired) electrons. The van der Waals surface area contributed by atoms with Gasteiger partial charge < -0.3 is 13.9 Å². The van der Waals surface area contributed by atoms with E-state index < -0.39 is 0 Å². The standard InChI is InChI=1S/C62H40N2O/c1-3-15-41(16-4-1)51-40-39-49(60-56-22-10-12-28-59(56)65-62(51)60)43-29-34-46(35-30-43)63(57-27-14-24-52-48-20-8-7-17-42(48)33-38-54(52)57)47-36-31-44(32-37-47)50-23-13-25-55-53-21-9-11-26-58(53)64(61(50)55)45-18-5-2-6-19-45/h1-40H. The first-order chi connectivity index (χ1) is 32.3. The summed E-state index contributed by atoms with van der Waals surface area (Å²) in [5.74, 6) is 0. The van der Waals surface area contributed by atoms with Crippen LogP contribution in [0.5, 0.6) is 0 Å². The second-order valence-corrected chi connectivity index (χ2v) is 16.8. The lowest BCUT2D eigenvalue weighted by atomic mass is 9.94. The first kappa shape index (κ1) is 36.9. The minimum atomic E-state index is 0.889. The predicted octanol–water partition coefficient (Wildman–Crippen LogP) is 17.5. The van der Waals surface area contributed by atoms with Gasteiger partial charge in [-0.3, -0.25) is 0 Å². The van der Waals surface area contributed by atoms with E-state index in [-0.39, 0.29) is 0 Å². The molecule has 0 saturated heterocycles. The number of rotatable bonds is 7. The lowest BCUT2D eigenvalue weighted by Crippen LogP contribution is -2.10. The van der Waals surface area contributed by atoms with Crippen LogP contribution in [0.25, 0.3) is 104 Å². The normalized spacial score (nSPS) is 11.7. The first-order valence-electron chi connectivity index (χ1n) is 22.3. The molecule has 0 spiro atoms. The highest BCUT2D eigenvalue weighted by Gasteiger charge is 2.21. The number of benzene rings is 11.